The third-order valence-electron chi connectivity index (χ3n) is 4.83. The van der Waals surface area contributed by atoms with Gasteiger partial charge in [0.25, 0.3) is 0 Å². The van der Waals surface area contributed by atoms with E-state index in [9.17, 15) is 14.4 Å². The molecule has 0 unspecified atom stereocenters. The van der Waals surface area contributed by atoms with Gasteiger partial charge in [0.15, 0.2) is 0 Å². The molecule has 1 fully saturated rings. The first kappa shape index (κ1) is 20.5. The van der Waals surface area contributed by atoms with E-state index >= 15 is 0 Å². The summed E-state index contributed by atoms with van der Waals surface area (Å²) in [6.45, 7) is 1.81. The average Bonchev–Trinajstić information content (AvgIpc) is 2.68. The van der Waals surface area contributed by atoms with E-state index in [0.29, 0.717) is 25.2 Å². The van der Waals surface area contributed by atoms with Gasteiger partial charge in [-0.25, -0.2) is 4.79 Å². The molecule has 1 heterocycles. The highest BCUT2D eigenvalue weighted by Gasteiger charge is 2.23. The van der Waals surface area contributed by atoms with E-state index in [1.807, 2.05) is 36.2 Å². The van der Waals surface area contributed by atoms with E-state index in [2.05, 4.69) is 5.32 Å². The zero-order chi connectivity index (χ0) is 21.0. The second-order valence-corrected chi connectivity index (χ2v) is 7.14. The van der Waals surface area contributed by atoms with Gasteiger partial charge in [0.05, 0.1) is 18.2 Å². The molecular formula is C21H24N4O4. The number of carbonyl (C=O) groups excluding carboxylic acids is 2. The summed E-state index contributed by atoms with van der Waals surface area (Å²) in [6, 6.07) is 12.6. The summed E-state index contributed by atoms with van der Waals surface area (Å²) in [7, 11) is 1.92. The first-order valence-corrected chi connectivity index (χ1v) is 9.31. The molecule has 8 nitrogen and oxygen atoms in total. The molecule has 0 saturated carbocycles. The molecule has 29 heavy (non-hydrogen) atoms. The molecule has 1 saturated heterocycles. The first-order chi connectivity index (χ1) is 13.8. The van der Waals surface area contributed by atoms with Crippen LogP contribution in [0.1, 0.15) is 15.9 Å². The number of carbonyl (C=O) groups is 3. The number of hydrogen-bond acceptors (Lipinski definition) is 5. The standard InChI is InChI=1S/C21H24N4O4/c1-24-9-10-25(19(26)13-24)17-4-2-3-14(11-17)12-18(22)20(27)23-16-7-5-15(6-8-16)21(28)29/h2-8,11,18H,9-10,12-13,22H2,1H3,(H,23,27)(H,28,29)/t18-/m0/s1. The number of aromatic carboxylic acids is 1. The monoisotopic (exact) mass is 396 g/mol. The minimum absolute atomic E-state index is 0.0442. The third-order valence-corrected chi connectivity index (χ3v) is 4.83. The quantitative estimate of drug-likeness (QED) is 0.675. The number of hydrogen-bond donors (Lipinski definition) is 3. The minimum Gasteiger partial charge on any atom is -0.478 e. The van der Waals surface area contributed by atoms with Gasteiger partial charge < -0.3 is 21.1 Å². The molecule has 2 aromatic carbocycles. The zero-order valence-corrected chi connectivity index (χ0v) is 16.2. The van der Waals surface area contributed by atoms with Crippen molar-refractivity contribution in [3.8, 4) is 0 Å². The first-order valence-electron chi connectivity index (χ1n) is 9.31. The molecule has 1 aliphatic rings. The van der Waals surface area contributed by atoms with Gasteiger partial charge in [0, 0.05) is 24.5 Å². The molecule has 0 spiro atoms. The summed E-state index contributed by atoms with van der Waals surface area (Å²) >= 11 is 0. The van der Waals surface area contributed by atoms with Crippen molar-refractivity contribution >= 4 is 29.2 Å². The van der Waals surface area contributed by atoms with Crippen LogP contribution in [0.3, 0.4) is 0 Å². The Morgan fingerprint density at radius 3 is 2.55 bits per heavy atom. The molecular weight excluding hydrogens is 372 g/mol. The number of anilines is 2. The Hall–Kier alpha value is -3.23. The molecule has 0 radical (unpaired) electrons. The summed E-state index contributed by atoms with van der Waals surface area (Å²) < 4.78 is 0. The summed E-state index contributed by atoms with van der Waals surface area (Å²) in [4.78, 5) is 39.3. The Balaban J connectivity index is 1.62. The molecule has 0 aliphatic carbocycles. The zero-order valence-electron chi connectivity index (χ0n) is 16.2. The topological polar surface area (TPSA) is 116 Å². The maximum absolute atomic E-state index is 12.4. The van der Waals surface area contributed by atoms with Crippen LogP contribution in [-0.4, -0.2) is 60.5 Å². The normalized spacial score (nSPS) is 15.8. The lowest BCUT2D eigenvalue weighted by molar-refractivity contribution is -0.121. The van der Waals surface area contributed by atoms with Gasteiger partial charge in [-0.05, 0) is 55.4 Å². The molecule has 0 bridgehead atoms. The maximum atomic E-state index is 12.4. The largest absolute Gasteiger partial charge is 0.478 e. The van der Waals surface area contributed by atoms with Crippen LogP contribution in [0.2, 0.25) is 0 Å². The average molecular weight is 396 g/mol. The van der Waals surface area contributed by atoms with Crippen molar-refractivity contribution in [1.29, 1.82) is 0 Å². The van der Waals surface area contributed by atoms with Crippen molar-refractivity contribution in [2.24, 2.45) is 5.73 Å². The fraction of sp³-hybridized carbons (Fsp3) is 0.286. The second kappa shape index (κ2) is 8.85. The smallest absolute Gasteiger partial charge is 0.335 e. The number of nitrogens with one attached hydrogen (secondary N) is 1. The van der Waals surface area contributed by atoms with Crippen LogP contribution in [0.5, 0.6) is 0 Å². The molecule has 1 atom stereocenters. The van der Waals surface area contributed by atoms with Gasteiger partial charge in [-0.1, -0.05) is 12.1 Å². The molecule has 4 N–H and O–H groups in total. The van der Waals surface area contributed by atoms with Crippen molar-refractivity contribution in [2.75, 3.05) is 36.9 Å². The summed E-state index contributed by atoms with van der Waals surface area (Å²) in [5.74, 6) is -1.35. The Kier molecular flexibility index (Phi) is 6.26. The fourth-order valence-electron chi connectivity index (χ4n) is 3.19. The van der Waals surface area contributed by atoms with E-state index in [4.69, 9.17) is 10.8 Å². The lowest BCUT2D eigenvalue weighted by atomic mass is 10.0. The van der Waals surface area contributed by atoms with Crippen LogP contribution in [0.4, 0.5) is 11.4 Å². The molecule has 152 valence electrons. The van der Waals surface area contributed by atoms with E-state index in [1.54, 1.807) is 4.90 Å². The SMILES string of the molecule is CN1CCN(c2cccc(C[C@H](N)C(=O)Nc3ccc(C(=O)O)cc3)c2)C(=O)C1. The van der Waals surface area contributed by atoms with Gasteiger partial charge in [-0.2, -0.15) is 0 Å². The Morgan fingerprint density at radius 2 is 1.90 bits per heavy atom. The van der Waals surface area contributed by atoms with Crippen LogP contribution in [0.25, 0.3) is 0 Å². The molecule has 0 aromatic heterocycles. The summed E-state index contributed by atoms with van der Waals surface area (Å²) in [5.41, 5.74) is 8.34. The van der Waals surface area contributed by atoms with Gasteiger partial charge >= 0.3 is 5.97 Å². The van der Waals surface area contributed by atoms with E-state index in [1.165, 1.54) is 24.3 Å². The Morgan fingerprint density at radius 1 is 1.17 bits per heavy atom. The molecule has 1 aliphatic heterocycles. The number of benzene rings is 2. The summed E-state index contributed by atoms with van der Waals surface area (Å²) in [6.07, 6.45) is 0.314. The number of rotatable bonds is 6. The van der Waals surface area contributed by atoms with Crippen molar-refractivity contribution in [3.63, 3.8) is 0 Å². The number of carboxylic acids is 1. The number of carboxylic acid groups (broad SMARTS) is 1. The third kappa shape index (κ3) is 5.18. The fourth-order valence-corrected chi connectivity index (χ4v) is 3.19. The van der Waals surface area contributed by atoms with E-state index < -0.39 is 12.0 Å². The van der Waals surface area contributed by atoms with Gasteiger partial charge in [0.2, 0.25) is 11.8 Å². The lowest BCUT2D eigenvalue weighted by Gasteiger charge is -2.32. The van der Waals surface area contributed by atoms with E-state index in [-0.39, 0.29) is 17.4 Å². The predicted molar refractivity (Wildman–Crippen MR) is 110 cm³/mol. The summed E-state index contributed by atoms with van der Waals surface area (Å²) in [5, 5.41) is 11.6. The molecule has 2 aromatic rings. The second-order valence-electron chi connectivity index (χ2n) is 7.14. The predicted octanol–water partition coefficient (Wildman–Crippen LogP) is 1.17. The highest BCUT2D eigenvalue weighted by molar-refractivity contribution is 5.96. The highest BCUT2D eigenvalue weighted by atomic mass is 16.4. The van der Waals surface area contributed by atoms with Crippen LogP contribution in [0.15, 0.2) is 48.5 Å². The van der Waals surface area contributed by atoms with Crippen molar-refractivity contribution < 1.29 is 19.5 Å². The van der Waals surface area contributed by atoms with Crippen LogP contribution >= 0.6 is 0 Å². The van der Waals surface area contributed by atoms with Gasteiger partial charge in [0.1, 0.15) is 0 Å². The van der Waals surface area contributed by atoms with Crippen LogP contribution < -0.4 is 16.0 Å². The van der Waals surface area contributed by atoms with Gasteiger partial charge in [-0.15, -0.1) is 0 Å². The number of piperazine rings is 1. The van der Waals surface area contributed by atoms with Crippen LogP contribution in [0, 0.1) is 0 Å². The maximum Gasteiger partial charge on any atom is 0.335 e. The Bertz CT molecular complexity index is 913. The Labute approximate surface area is 168 Å². The lowest BCUT2D eigenvalue weighted by Crippen LogP contribution is -2.48. The van der Waals surface area contributed by atoms with Crippen molar-refractivity contribution in [1.82, 2.24) is 4.90 Å². The molecule has 2 amide bonds. The van der Waals surface area contributed by atoms with E-state index in [0.717, 1.165) is 17.8 Å². The number of nitrogens with zero attached hydrogens (tertiary/aromatic N) is 2. The minimum atomic E-state index is -1.03. The van der Waals surface area contributed by atoms with Crippen molar-refractivity contribution in [2.45, 2.75) is 12.5 Å². The number of likely N-dealkylation sites (N-methyl/N-ethyl adjacent to an activating group) is 1. The number of nitrogens with two attached hydrogens (primary N) is 1. The highest BCUT2D eigenvalue weighted by Crippen LogP contribution is 2.20. The van der Waals surface area contributed by atoms with Crippen molar-refractivity contribution in [3.05, 3.63) is 59.7 Å². The molecule has 3 rings (SSSR count). The van der Waals surface area contributed by atoms with Crippen LogP contribution in [-0.2, 0) is 16.0 Å². The molecule has 8 heteroatoms. The number of amides is 2. The van der Waals surface area contributed by atoms with Gasteiger partial charge in [-0.3, -0.25) is 14.5 Å².